The second kappa shape index (κ2) is 5.95. The summed E-state index contributed by atoms with van der Waals surface area (Å²) in [7, 11) is 0. The summed E-state index contributed by atoms with van der Waals surface area (Å²) in [6.45, 7) is 2.06. The normalized spacial score (nSPS) is 11.9. The van der Waals surface area contributed by atoms with Crippen molar-refractivity contribution in [1.82, 2.24) is 5.32 Å². The van der Waals surface area contributed by atoms with Gasteiger partial charge in [-0.1, -0.05) is 12.1 Å². The Morgan fingerprint density at radius 3 is 2.88 bits per heavy atom. The van der Waals surface area contributed by atoms with Crippen LogP contribution in [0.3, 0.4) is 0 Å². The van der Waals surface area contributed by atoms with Crippen molar-refractivity contribution in [1.29, 1.82) is 0 Å². The van der Waals surface area contributed by atoms with Crippen molar-refractivity contribution in [3.05, 3.63) is 39.9 Å². The molecule has 1 atom stereocenters. The molecule has 0 spiro atoms. The summed E-state index contributed by atoms with van der Waals surface area (Å²) in [4.78, 5) is 21.5. The van der Waals surface area contributed by atoms with Crippen LogP contribution in [0.1, 0.15) is 24.9 Å². The number of benzene rings is 1. The van der Waals surface area contributed by atoms with Gasteiger partial charge < -0.3 is 11.1 Å². The van der Waals surface area contributed by atoms with Gasteiger partial charge in [0.05, 0.1) is 11.0 Å². The molecule has 1 rings (SSSR count). The van der Waals surface area contributed by atoms with Crippen molar-refractivity contribution in [2.45, 2.75) is 19.4 Å². The average Bonchev–Trinajstić information content (AvgIpc) is 2.29. The molecule has 1 aromatic rings. The van der Waals surface area contributed by atoms with Gasteiger partial charge in [0.15, 0.2) is 0 Å². The quantitative estimate of drug-likeness (QED) is 0.592. The monoisotopic (exact) mass is 237 g/mol. The van der Waals surface area contributed by atoms with Gasteiger partial charge in [-0.25, -0.2) is 0 Å². The van der Waals surface area contributed by atoms with Crippen LogP contribution in [0.25, 0.3) is 0 Å². The molecule has 6 nitrogen and oxygen atoms in total. The first-order valence-electron chi connectivity index (χ1n) is 5.28. The number of non-ortho nitro benzene ring substituents is 1. The molecule has 3 N–H and O–H groups in total. The number of carbonyl (C=O) groups excluding carboxylic acids is 1. The second-order valence-corrected chi connectivity index (χ2v) is 3.68. The van der Waals surface area contributed by atoms with Crippen molar-refractivity contribution in [3.8, 4) is 0 Å². The van der Waals surface area contributed by atoms with Crippen LogP contribution >= 0.6 is 0 Å². The standard InChI is InChI=1S/C11H15N3O3/c1-8(13-11(15)5-6-12)9-3-2-4-10(7-9)14(16)17/h2-4,7-8H,5-6,12H2,1H3,(H,13,15). The number of nitrogens with two attached hydrogens (primary N) is 1. The van der Waals surface area contributed by atoms with Crippen LogP contribution in [-0.4, -0.2) is 17.4 Å². The fourth-order valence-corrected chi connectivity index (χ4v) is 1.44. The molecule has 1 aromatic carbocycles. The lowest BCUT2D eigenvalue weighted by atomic mass is 10.1. The van der Waals surface area contributed by atoms with E-state index in [2.05, 4.69) is 5.32 Å². The highest BCUT2D eigenvalue weighted by molar-refractivity contribution is 5.76. The van der Waals surface area contributed by atoms with Gasteiger partial charge in [-0.05, 0) is 12.5 Å². The highest BCUT2D eigenvalue weighted by Gasteiger charge is 2.12. The topological polar surface area (TPSA) is 98.3 Å². The number of amides is 1. The lowest BCUT2D eigenvalue weighted by Gasteiger charge is -2.13. The number of hydrogen-bond acceptors (Lipinski definition) is 4. The highest BCUT2D eigenvalue weighted by atomic mass is 16.6. The predicted octanol–water partition coefficient (Wildman–Crippen LogP) is 1.12. The van der Waals surface area contributed by atoms with E-state index in [1.165, 1.54) is 12.1 Å². The van der Waals surface area contributed by atoms with E-state index in [1.807, 2.05) is 0 Å². The summed E-state index contributed by atoms with van der Waals surface area (Å²) in [5.74, 6) is -0.161. The Bertz CT molecular complexity index is 420. The second-order valence-electron chi connectivity index (χ2n) is 3.68. The van der Waals surface area contributed by atoms with Gasteiger partial charge in [-0.15, -0.1) is 0 Å². The fourth-order valence-electron chi connectivity index (χ4n) is 1.44. The molecule has 0 aromatic heterocycles. The summed E-state index contributed by atoms with van der Waals surface area (Å²) in [5.41, 5.74) is 5.97. The summed E-state index contributed by atoms with van der Waals surface area (Å²) < 4.78 is 0. The van der Waals surface area contributed by atoms with E-state index in [1.54, 1.807) is 19.1 Å². The van der Waals surface area contributed by atoms with Crippen LogP contribution < -0.4 is 11.1 Å². The van der Waals surface area contributed by atoms with Gasteiger partial charge in [-0.3, -0.25) is 14.9 Å². The number of carbonyl (C=O) groups is 1. The Morgan fingerprint density at radius 2 is 2.29 bits per heavy atom. The summed E-state index contributed by atoms with van der Waals surface area (Å²) in [6.07, 6.45) is 0.249. The average molecular weight is 237 g/mol. The maximum absolute atomic E-state index is 11.3. The zero-order valence-corrected chi connectivity index (χ0v) is 9.55. The molecule has 0 saturated heterocycles. The summed E-state index contributed by atoms with van der Waals surface area (Å²) in [6, 6.07) is 5.93. The molecule has 0 aliphatic heterocycles. The van der Waals surface area contributed by atoms with Crippen molar-refractivity contribution in [2.75, 3.05) is 6.54 Å². The first-order valence-corrected chi connectivity index (χ1v) is 5.28. The Balaban J connectivity index is 2.75. The highest BCUT2D eigenvalue weighted by Crippen LogP contribution is 2.18. The molecular formula is C11H15N3O3. The number of nitrogens with zero attached hydrogens (tertiary/aromatic N) is 1. The lowest BCUT2D eigenvalue weighted by molar-refractivity contribution is -0.384. The summed E-state index contributed by atoms with van der Waals surface area (Å²) in [5, 5.41) is 13.3. The van der Waals surface area contributed by atoms with Crippen molar-refractivity contribution >= 4 is 11.6 Å². The molecule has 0 heterocycles. The Hall–Kier alpha value is -1.95. The lowest BCUT2D eigenvalue weighted by Crippen LogP contribution is -2.28. The third-order valence-electron chi connectivity index (χ3n) is 2.33. The molecule has 17 heavy (non-hydrogen) atoms. The van der Waals surface area contributed by atoms with Gasteiger partial charge in [0.1, 0.15) is 0 Å². The molecule has 0 saturated carbocycles. The van der Waals surface area contributed by atoms with Gasteiger partial charge in [0.2, 0.25) is 5.91 Å². The van der Waals surface area contributed by atoms with Crippen LogP contribution in [0.2, 0.25) is 0 Å². The van der Waals surface area contributed by atoms with Crippen molar-refractivity contribution < 1.29 is 9.72 Å². The fraction of sp³-hybridized carbons (Fsp3) is 0.364. The van der Waals surface area contributed by atoms with Gasteiger partial charge >= 0.3 is 0 Å². The number of rotatable bonds is 5. The maximum Gasteiger partial charge on any atom is 0.269 e. The first kappa shape index (κ1) is 13.1. The molecule has 6 heteroatoms. The van der Waals surface area contributed by atoms with E-state index < -0.39 is 4.92 Å². The van der Waals surface area contributed by atoms with Gasteiger partial charge in [-0.2, -0.15) is 0 Å². The molecule has 1 unspecified atom stereocenters. The Kier molecular flexibility index (Phi) is 4.59. The Morgan fingerprint density at radius 1 is 1.59 bits per heavy atom. The van der Waals surface area contributed by atoms with Gasteiger partial charge in [0, 0.05) is 25.1 Å². The van der Waals surface area contributed by atoms with E-state index in [0.717, 1.165) is 0 Å². The minimum atomic E-state index is -0.460. The van der Waals surface area contributed by atoms with E-state index in [4.69, 9.17) is 5.73 Å². The van der Waals surface area contributed by atoms with Crippen molar-refractivity contribution in [3.63, 3.8) is 0 Å². The number of nitro benzene ring substituents is 1. The van der Waals surface area contributed by atoms with Crippen molar-refractivity contribution in [2.24, 2.45) is 5.73 Å². The number of nitro groups is 1. The van der Waals surface area contributed by atoms with Crippen LogP contribution in [0.4, 0.5) is 5.69 Å². The first-order chi connectivity index (χ1) is 8.04. The zero-order valence-electron chi connectivity index (χ0n) is 9.55. The van der Waals surface area contributed by atoms with Gasteiger partial charge in [0.25, 0.3) is 5.69 Å². The maximum atomic E-state index is 11.3. The van der Waals surface area contributed by atoms with Crippen LogP contribution in [0.15, 0.2) is 24.3 Å². The molecule has 92 valence electrons. The predicted molar refractivity (Wildman–Crippen MR) is 63.3 cm³/mol. The van der Waals surface area contributed by atoms with Crippen LogP contribution in [-0.2, 0) is 4.79 Å². The van der Waals surface area contributed by atoms with E-state index in [-0.39, 0.29) is 30.6 Å². The molecule has 0 aliphatic carbocycles. The molecule has 0 fully saturated rings. The molecule has 0 radical (unpaired) electrons. The Labute approximate surface area is 99.0 Å². The minimum absolute atomic E-state index is 0.0161. The van der Waals surface area contributed by atoms with Crippen LogP contribution in [0, 0.1) is 10.1 Å². The van der Waals surface area contributed by atoms with E-state index in [9.17, 15) is 14.9 Å². The number of hydrogen-bond donors (Lipinski definition) is 2. The summed E-state index contributed by atoms with van der Waals surface area (Å²) >= 11 is 0. The minimum Gasteiger partial charge on any atom is -0.350 e. The SMILES string of the molecule is CC(NC(=O)CCN)c1cccc([N+](=O)[O-])c1. The third-order valence-corrected chi connectivity index (χ3v) is 2.33. The third kappa shape index (κ3) is 3.84. The number of nitrogens with one attached hydrogen (secondary N) is 1. The van der Waals surface area contributed by atoms with Crippen LogP contribution in [0.5, 0.6) is 0 Å². The molecule has 0 aliphatic rings. The zero-order chi connectivity index (χ0) is 12.8. The molecule has 0 bridgehead atoms. The van der Waals surface area contributed by atoms with E-state index >= 15 is 0 Å². The molecule has 1 amide bonds. The largest absolute Gasteiger partial charge is 0.350 e. The smallest absolute Gasteiger partial charge is 0.269 e. The van der Waals surface area contributed by atoms with E-state index in [0.29, 0.717) is 5.56 Å². The molecular weight excluding hydrogens is 222 g/mol.